The second kappa shape index (κ2) is 4.94. The van der Waals surface area contributed by atoms with Crippen LogP contribution in [0.4, 0.5) is 0 Å². The molecule has 1 rings (SSSR count). The van der Waals surface area contributed by atoms with Crippen LogP contribution in [-0.4, -0.2) is 41.8 Å². The van der Waals surface area contributed by atoms with Gasteiger partial charge in [0, 0.05) is 19.1 Å². The second-order valence-electron chi connectivity index (χ2n) is 4.24. The van der Waals surface area contributed by atoms with Crippen LogP contribution < -0.4 is 5.73 Å². The van der Waals surface area contributed by atoms with E-state index < -0.39 is 0 Å². The third-order valence-electron chi connectivity index (χ3n) is 3.22. The van der Waals surface area contributed by atoms with Gasteiger partial charge < -0.3 is 10.8 Å². The van der Waals surface area contributed by atoms with Gasteiger partial charge in [-0.05, 0) is 32.2 Å². The Morgan fingerprint density at radius 3 is 2.85 bits per heavy atom. The Kier molecular flexibility index (Phi) is 4.16. The minimum absolute atomic E-state index is 0.354. The third-order valence-corrected chi connectivity index (χ3v) is 3.22. The third kappa shape index (κ3) is 2.93. The van der Waals surface area contributed by atoms with Crippen molar-refractivity contribution in [3.8, 4) is 0 Å². The highest BCUT2D eigenvalue weighted by atomic mass is 16.3. The summed E-state index contributed by atoms with van der Waals surface area (Å²) in [4.78, 5) is 2.35. The molecule has 0 aromatic carbocycles. The number of likely N-dealkylation sites (tertiary alicyclic amines) is 1. The van der Waals surface area contributed by atoms with Gasteiger partial charge in [0.1, 0.15) is 0 Å². The zero-order chi connectivity index (χ0) is 9.84. The van der Waals surface area contributed by atoms with Crippen LogP contribution in [0.15, 0.2) is 0 Å². The predicted octanol–water partition coefficient (Wildman–Crippen LogP) is 0.426. The highest BCUT2D eigenvalue weighted by Gasteiger charge is 2.25. The Morgan fingerprint density at radius 2 is 2.23 bits per heavy atom. The number of nitrogens with two attached hydrogens (primary N) is 1. The first-order chi connectivity index (χ1) is 6.15. The minimum atomic E-state index is -0.354. The maximum Gasteiger partial charge on any atom is 0.0789 e. The Labute approximate surface area is 80.9 Å². The van der Waals surface area contributed by atoms with Crippen LogP contribution >= 0.6 is 0 Å². The first-order valence-corrected chi connectivity index (χ1v) is 5.27. The van der Waals surface area contributed by atoms with E-state index in [9.17, 15) is 5.11 Å². The number of aliphatic hydroxyl groups excluding tert-OH is 1. The first-order valence-electron chi connectivity index (χ1n) is 5.27. The molecule has 2 unspecified atom stereocenters. The molecule has 1 fully saturated rings. The van der Waals surface area contributed by atoms with Crippen LogP contribution in [-0.2, 0) is 0 Å². The summed E-state index contributed by atoms with van der Waals surface area (Å²) >= 11 is 0. The average Bonchev–Trinajstić information content (AvgIpc) is 2.13. The highest BCUT2D eigenvalue weighted by Crippen LogP contribution is 2.22. The van der Waals surface area contributed by atoms with Crippen LogP contribution in [0.3, 0.4) is 0 Å². The molecule has 13 heavy (non-hydrogen) atoms. The number of hydrogen-bond acceptors (Lipinski definition) is 3. The van der Waals surface area contributed by atoms with Gasteiger partial charge in [0.2, 0.25) is 0 Å². The summed E-state index contributed by atoms with van der Waals surface area (Å²) in [6.45, 7) is 6.75. The summed E-state index contributed by atoms with van der Waals surface area (Å²) in [6, 6.07) is 0.593. The Hall–Kier alpha value is -0.120. The number of piperidine rings is 1. The van der Waals surface area contributed by atoms with Gasteiger partial charge in [-0.15, -0.1) is 0 Å². The molecule has 0 aliphatic carbocycles. The highest BCUT2D eigenvalue weighted by molar-refractivity contribution is 4.80. The SMILES string of the molecule is CC1CCCN(C[C@@H](O)CN)C1C. The standard InChI is InChI=1S/C10H22N2O/c1-8-4-3-5-12(9(8)2)7-10(13)6-11/h8-10,13H,3-7,11H2,1-2H3/t8?,9?,10-/m0/s1. The van der Waals surface area contributed by atoms with Crippen molar-refractivity contribution in [3.05, 3.63) is 0 Å². The summed E-state index contributed by atoms with van der Waals surface area (Å²) in [7, 11) is 0. The molecule has 0 radical (unpaired) electrons. The van der Waals surface area contributed by atoms with Crippen LogP contribution in [0.5, 0.6) is 0 Å². The van der Waals surface area contributed by atoms with E-state index in [0.717, 1.165) is 19.0 Å². The lowest BCUT2D eigenvalue weighted by Gasteiger charge is -2.38. The molecule has 1 heterocycles. The van der Waals surface area contributed by atoms with Crippen molar-refractivity contribution in [2.75, 3.05) is 19.6 Å². The van der Waals surface area contributed by atoms with E-state index in [1.165, 1.54) is 12.8 Å². The molecule has 78 valence electrons. The molecule has 3 N–H and O–H groups in total. The number of hydrogen-bond donors (Lipinski definition) is 2. The quantitative estimate of drug-likeness (QED) is 0.672. The average molecular weight is 186 g/mol. The van der Waals surface area contributed by atoms with E-state index in [2.05, 4.69) is 18.7 Å². The van der Waals surface area contributed by atoms with Gasteiger partial charge in [-0.25, -0.2) is 0 Å². The Bertz CT molecular complexity index is 152. The molecule has 3 heteroatoms. The molecule has 0 spiro atoms. The largest absolute Gasteiger partial charge is 0.390 e. The van der Waals surface area contributed by atoms with E-state index in [1.54, 1.807) is 0 Å². The topological polar surface area (TPSA) is 49.5 Å². The van der Waals surface area contributed by atoms with Crippen molar-refractivity contribution >= 4 is 0 Å². The van der Waals surface area contributed by atoms with E-state index >= 15 is 0 Å². The molecule has 1 saturated heterocycles. The molecule has 3 atom stereocenters. The van der Waals surface area contributed by atoms with Gasteiger partial charge in [0.05, 0.1) is 6.10 Å². The second-order valence-corrected chi connectivity index (χ2v) is 4.24. The normalized spacial score (nSPS) is 33.2. The lowest BCUT2D eigenvalue weighted by atomic mass is 9.92. The molecule has 1 aliphatic heterocycles. The molecule has 0 saturated carbocycles. The van der Waals surface area contributed by atoms with Gasteiger partial charge in [-0.2, -0.15) is 0 Å². The van der Waals surface area contributed by atoms with E-state index in [1.807, 2.05) is 0 Å². The van der Waals surface area contributed by atoms with Gasteiger partial charge >= 0.3 is 0 Å². The monoisotopic (exact) mass is 186 g/mol. The van der Waals surface area contributed by atoms with Gasteiger partial charge in [-0.3, -0.25) is 4.90 Å². The van der Waals surface area contributed by atoms with Crippen LogP contribution in [0.2, 0.25) is 0 Å². The fraction of sp³-hybridized carbons (Fsp3) is 1.00. The summed E-state index contributed by atoms with van der Waals surface area (Å²) in [6.07, 6.45) is 2.21. The summed E-state index contributed by atoms with van der Waals surface area (Å²) in [5.41, 5.74) is 5.39. The van der Waals surface area contributed by atoms with Crippen molar-refractivity contribution in [2.24, 2.45) is 11.7 Å². The minimum Gasteiger partial charge on any atom is -0.390 e. The zero-order valence-corrected chi connectivity index (χ0v) is 8.74. The fourth-order valence-electron chi connectivity index (χ4n) is 2.02. The van der Waals surface area contributed by atoms with Crippen molar-refractivity contribution in [1.82, 2.24) is 4.90 Å². The summed E-state index contributed by atoms with van der Waals surface area (Å²) < 4.78 is 0. The van der Waals surface area contributed by atoms with Crippen LogP contribution in [0.1, 0.15) is 26.7 Å². The lowest BCUT2D eigenvalue weighted by Crippen LogP contribution is -2.47. The molecule has 0 aromatic heterocycles. The summed E-state index contributed by atoms with van der Waals surface area (Å²) in [5.74, 6) is 0.749. The number of nitrogens with zero attached hydrogens (tertiary/aromatic N) is 1. The number of β-amino-alcohol motifs (C(OH)–C–C–N with tert-alkyl or cyclic N) is 1. The van der Waals surface area contributed by atoms with Crippen LogP contribution in [0.25, 0.3) is 0 Å². The van der Waals surface area contributed by atoms with Crippen LogP contribution in [0, 0.1) is 5.92 Å². The lowest BCUT2D eigenvalue weighted by molar-refractivity contribution is 0.0553. The zero-order valence-electron chi connectivity index (χ0n) is 8.74. The van der Waals surface area contributed by atoms with E-state index in [4.69, 9.17) is 5.73 Å². The van der Waals surface area contributed by atoms with Crippen molar-refractivity contribution < 1.29 is 5.11 Å². The smallest absolute Gasteiger partial charge is 0.0789 e. The molecule has 0 bridgehead atoms. The van der Waals surface area contributed by atoms with Gasteiger partial charge in [0.25, 0.3) is 0 Å². The molecule has 1 aliphatic rings. The van der Waals surface area contributed by atoms with E-state index in [-0.39, 0.29) is 6.10 Å². The fourth-order valence-corrected chi connectivity index (χ4v) is 2.02. The Balaban J connectivity index is 2.39. The maximum atomic E-state index is 9.45. The number of aliphatic hydroxyl groups is 1. The maximum absolute atomic E-state index is 9.45. The molecule has 0 aromatic rings. The first kappa shape index (κ1) is 11.0. The predicted molar refractivity (Wildman–Crippen MR) is 54.5 cm³/mol. The number of rotatable bonds is 3. The Morgan fingerprint density at radius 1 is 1.54 bits per heavy atom. The van der Waals surface area contributed by atoms with Crippen molar-refractivity contribution in [3.63, 3.8) is 0 Å². The van der Waals surface area contributed by atoms with Crippen molar-refractivity contribution in [1.29, 1.82) is 0 Å². The van der Waals surface area contributed by atoms with Gasteiger partial charge in [-0.1, -0.05) is 6.92 Å². The molecular weight excluding hydrogens is 164 g/mol. The molecule has 3 nitrogen and oxygen atoms in total. The van der Waals surface area contributed by atoms with Crippen molar-refractivity contribution in [2.45, 2.75) is 38.8 Å². The van der Waals surface area contributed by atoms with E-state index in [0.29, 0.717) is 12.6 Å². The molecular formula is C10H22N2O. The van der Waals surface area contributed by atoms with Gasteiger partial charge in [0.15, 0.2) is 0 Å². The molecule has 0 amide bonds. The summed E-state index contributed by atoms with van der Waals surface area (Å²) in [5, 5.41) is 9.45.